The van der Waals surface area contributed by atoms with Crippen LogP contribution in [-0.2, 0) is 0 Å². The standard InChI is InChI=1S/C15H27N3S/c1-11(15-12(2)18-13(3)19-15)17-8-4-5-14-6-9-16-10-7-14/h11,14,16-17H,4-10H2,1-3H3. The Bertz CT molecular complexity index is 383. The van der Waals surface area contributed by atoms with E-state index in [2.05, 4.69) is 36.4 Å². The van der Waals surface area contributed by atoms with Gasteiger partial charge in [-0.15, -0.1) is 11.3 Å². The molecule has 19 heavy (non-hydrogen) atoms. The van der Waals surface area contributed by atoms with E-state index < -0.39 is 0 Å². The number of rotatable bonds is 6. The number of piperidine rings is 1. The number of aryl methyl sites for hydroxylation is 2. The van der Waals surface area contributed by atoms with Crippen LogP contribution in [0.3, 0.4) is 0 Å². The monoisotopic (exact) mass is 281 g/mol. The molecule has 0 spiro atoms. The number of aromatic nitrogens is 1. The van der Waals surface area contributed by atoms with E-state index in [0.717, 1.165) is 12.5 Å². The fourth-order valence-corrected chi connectivity index (χ4v) is 3.88. The van der Waals surface area contributed by atoms with Crippen molar-refractivity contribution in [1.29, 1.82) is 0 Å². The van der Waals surface area contributed by atoms with Crippen LogP contribution in [0.2, 0.25) is 0 Å². The lowest BCUT2D eigenvalue weighted by Gasteiger charge is -2.22. The van der Waals surface area contributed by atoms with Crippen molar-refractivity contribution in [3.63, 3.8) is 0 Å². The number of thiazole rings is 1. The Kier molecular flexibility index (Phi) is 5.79. The van der Waals surface area contributed by atoms with E-state index in [1.807, 2.05) is 11.3 Å². The topological polar surface area (TPSA) is 37.0 Å². The molecule has 1 aliphatic rings. The van der Waals surface area contributed by atoms with Crippen LogP contribution in [0.25, 0.3) is 0 Å². The molecule has 2 N–H and O–H groups in total. The van der Waals surface area contributed by atoms with Crippen LogP contribution in [0, 0.1) is 19.8 Å². The summed E-state index contributed by atoms with van der Waals surface area (Å²) in [7, 11) is 0. The van der Waals surface area contributed by atoms with Crippen LogP contribution in [0.1, 0.15) is 54.2 Å². The zero-order valence-electron chi connectivity index (χ0n) is 12.5. The van der Waals surface area contributed by atoms with Crippen molar-refractivity contribution in [2.45, 2.75) is 52.5 Å². The number of hydrogen-bond donors (Lipinski definition) is 2. The molecule has 4 heteroatoms. The van der Waals surface area contributed by atoms with Gasteiger partial charge in [0.05, 0.1) is 10.7 Å². The third-order valence-electron chi connectivity index (χ3n) is 4.03. The minimum atomic E-state index is 0.444. The van der Waals surface area contributed by atoms with E-state index in [0.29, 0.717) is 6.04 Å². The van der Waals surface area contributed by atoms with E-state index in [1.54, 1.807) is 0 Å². The van der Waals surface area contributed by atoms with Gasteiger partial charge in [-0.1, -0.05) is 0 Å². The molecule has 0 radical (unpaired) electrons. The summed E-state index contributed by atoms with van der Waals surface area (Å²) in [6.45, 7) is 10.0. The number of hydrogen-bond acceptors (Lipinski definition) is 4. The fourth-order valence-electron chi connectivity index (χ4n) is 2.92. The number of nitrogens with one attached hydrogen (secondary N) is 2. The Morgan fingerprint density at radius 1 is 1.37 bits per heavy atom. The molecule has 1 aliphatic heterocycles. The van der Waals surface area contributed by atoms with Gasteiger partial charge in [0.25, 0.3) is 0 Å². The molecule has 108 valence electrons. The lowest BCUT2D eigenvalue weighted by molar-refractivity contribution is 0.342. The molecule has 0 aromatic carbocycles. The van der Waals surface area contributed by atoms with Crippen LogP contribution in [0.4, 0.5) is 0 Å². The molecule has 0 aliphatic carbocycles. The Balaban J connectivity index is 1.66. The molecule has 0 saturated carbocycles. The highest BCUT2D eigenvalue weighted by molar-refractivity contribution is 7.11. The minimum Gasteiger partial charge on any atom is -0.317 e. The van der Waals surface area contributed by atoms with Gasteiger partial charge in [-0.05, 0) is 72.0 Å². The van der Waals surface area contributed by atoms with E-state index in [-0.39, 0.29) is 0 Å². The second kappa shape index (κ2) is 7.36. The second-order valence-electron chi connectivity index (χ2n) is 5.69. The Hall–Kier alpha value is -0.450. The average Bonchev–Trinajstić information content (AvgIpc) is 2.75. The molecule has 1 aromatic heterocycles. The van der Waals surface area contributed by atoms with Crippen molar-refractivity contribution in [2.24, 2.45) is 5.92 Å². The summed E-state index contributed by atoms with van der Waals surface area (Å²) in [6.07, 6.45) is 5.40. The largest absolute Gasteiger partial charge is 0.317 e. The third kappa shape index (κ3) is 4.55. The SMILES string of the molecule is Cc1nc(C)c(C(C)NCCCC2CCNCC2)s1. The van der Waals surface area contributed by atoms with Crippen molar-refractivity contribution < 1.29 is 0 Å². The highest BCUT2D eigenvalue weighted by atomic mass is 32.1. The van der Waals surface area contributed by atoms with Crippen molar-refractivity contribution in [3.05, 3.63) is 15.6 Å². The van der Waals surface area contributed by atoms with E-state index in [1.165, 1.54) is 54.4 Å². The quantitative estimate of drug-likeness (QED) is 0.786. The van der Waals surface area contributed by atoms with Crippen LogP contribution in [0.15, 0.2) is 0 Å². The van der Waals surface area contributed by atoms with E-state index in [9.17, 15) is 0 Å². The summed E-state index contributed by atoms with van der Waals surface area (Å²) in [5.74, 6) is 0.950. The molecule has 0 bridgehead atoms. The van der Waals surface area contributed by atoms with Crippen molar-refractivity contribution in [2.75, 3.05) is 19.6 Å². The first-order chi connectivity index (χ1) is 9.16. The maximum atomic E-state index is 4.51. The minimum absolute atomic E-state index is 0.444. The summed E-state index contributed by atoms with van der Waals surface area (Å²) >= 11 is 1.83. The first kappa shape index (κ1) is 14.9. The van der Waals surface area contributed by atoms with Gasteiger partial charge in [-0.2, -0.15) is 0 Å². The van der Waals surface area contributed by atoms with Crippen LogP contribution < -0.4 is 10.6 Å². The first-order valence-electron chi connectivity index (χ1n) is 7.55. The van der Waals surface area contributed by atoms with Gasteiger partial charge in [0.15, 0.2) is 0 Å². The maximum Gasteiger partial charge on any atom is 0.0900 e. The average molecular weight is 281 g/mol. The maximum absolute atomic E-state index is 4.51. The fraction of sp³-hybridized carbons (Fsp3) is 0.800. The van der Waals surface area contributed by atoms with Crippen LogP contribution in [0.5, 0.6) is 0 Å². The Labute approximate surface area is 121 Å². The Morgan fingerprint density at radius 3 is 2.74 bits per heavy atom. The summed E-state index contributed by atoms with van der Waals surface area (Å²) in [4.78, 5) is 5.91. The molecule has 1 fully saturated rings. The molecule has 3 nitrogen and oxygen atoms in total. The molecule has 1 unspecified atom stereocenters. The molecule has 1 atom stereocenters. The van der Waals surface area contributed by atoms with Gasteiger partial charge < -0.3 is 10.6 Å². The van der Waals surface area contributed by atoms with Crippen LogP contribution in [-0.4, -0.2) is 24.6 Å². The second-order valence-corrected chi connectivity index (χ2v) is 6.93. The van der Waals surface area contributed by atoms with E-state index in [4.69, 9.17) is 0 Å². The normalized spacial score (nSPS) is 18.7. The van der Waals surface area contributed by atoms with Crippen molar-refractivity contribution in [1.82, 2.24) is 15.6 Å². The molecule has 0 amide bonds. The summed E-state index contributed by atoms with van der Waals surface area (Å²) in [5.41, 5.74) is 1.20. The van der Waals surface area contributed by atoms with E-state index >= 15 is 0 Å². The zero-order valence-corrected chi connectivity index (χ0v) is 13.3. The highest BCUT2D eigenvalue weighted by Gasteiger charge is 2.14. The van der Waals surface area contributed by atoms with Crippen molar-refractivity contribution >= 4 is 11.3 Å². The molecule has 1 saturated heterocycles. The van der Waals surface area contributed by atoms with Gasteiger partial charge in [0.2, 0.25) is 0 Å². The first-order valence-corrected chi connectivity index (χ1v) is 8.36. The molecular formula is C15H27N3S. The van der Waals surface area contributed by atoms with Gasteiger partial charge in [0.1, 0.15) is 0 Å². The van der Waals surface area contributed by atoms with Gasteiger partial charge in [-0.3, -0.25) is 0 Å². The highest BCUT2D eigenvalue weighted by Crippen LogP contribution is 2.24. The van der Waals surface area contributed by atoms with Gasteiger partial charge >= 0.3 is 0 Å². The summed E-state index contributed by atoms with van der Waals surface area (Å²) in [6, 6.07) is 0.444. The zero-order chi connectivity index (χ0) is 13.7. The van der Waals surface area contributed by atoms with Crippen LogP contribution >= 0.6 is 11.3 Å². The van der Waals surface area contributed by atoms with Crippen molar-refractivity contribution in [3.8, 4) is 0 Å². The predicted molar refractivity (Wildman–Crippen MR) is 82.8 cm³/mol. The molecule has 2 rings (SSSR count). The molecular weight excluding hydrogens is 254 g/mol. The van der Waals surface area contributed by atoms with Gasteiger partial charge in [0, 0.05) is 10.9 Å². The summed E-state index contributed by atoms with van der Waals surface area (Å²) in [5, 5.41) is 8.26. The molecule has 2 heterocycles. The predicted octanol–water partition coefficient (Wildman–Crippen LogP) is 3.19. The molecule has 1 aromatic rings. The smallest absolute Gasteiger partial charge is 0.0900 e. The third-order valence-corrected chi connectivity index (χ3v) is 5.29. The lowest BCUT2D eigenvalue weighted by Crippen LogP contribution is -2.28. The van der Waals surface area contributed by atoms with Gasteiger partial charge in [-0.25, -0.2) is 4.98 Å². The number of nitrogens with zero attached hydrogens (tertiary/aromatic N) is 1. The lowest BCUT2D eigenvalue weighted by atomic mass is 9.93. The summed E-state index contributed by atoms with van der Waals surface area (Å²) < 4.78 is 0. The Morgan fingerprint density at radius 2 is 2.11 bits per heavy atom.